The minimum absolute atomic E-state index is 0.530. The molecule has 1 heterocycles. The third-order valence-electron chi connectivity index (χ3n) is 3.09. The smallest absolute Gasteiger partial charge is 0.0363 e. The summed E-state index contributed by atoms with van der Waals surface area (Å²) >= 11 is 0. The molecule has 0 amide bonds. The quantitative estimate of drug-likeness (QED) is 0.789. The number of hydrogen-bond donors (Lipinski definition) is 1. The van der Waals surface area contributed by atoms with E-state index in [2.05, 4.69) is 23.3 Å². The molecule has 0 radical (unpaired) electrons. The fraction of sp³-hybridized carbons (Fsp3) is 0.583. The van der Waals surface area contributed by atoms with Gasteiger partial charge >= 0.3 is 0 Å². The largest absolute Gasteiger partial charge is 0.310 e. The zero-order chi connectivity index (χ0) is 9.80. The van der Waals surface area contributed by atoms with Gasteiger partial charge in [-0.25, -0.2) is 0 Å². The second-order valence-corrected chi connectivity index (χ2v) is 4.01. The third-order valence-corrected chi connectivity index (χ3v) is 3.09. The van der Waals surface area contributed by atoms with Crippen LogP contribution in [0.4, 0.5) is 0 Å². The second-order valence-electron chi connectivity index (χ2n) is 4.01. The van der Waals surface area contributed by atoms with Crippen LogP contribution in [0.5, 0.6) is 0 Å². The molecule has 0 aromatic carbocycles. The van der Waals surface area contributed by atoms with Gasteiger partial charge in [-0.05, 0) is 36.9 Å². The molecule has 1 N–H and O–H groups in total. The average Bonchev–Trinajstić information content (AvgIpc) is 2.16. The van der Waals surface area contributed by atoms with Crippen molar-refractivity contribution >= 4 is 0 Å². The fourth-order valence-corrected chi connectivity index (χ4v) is 2.11. The predicted octanol–water partition coefficient (Wildman–Crippen LogP) is 2.53. The summed E-state index contributed by atoms with van der Waals surface area (Å²) in [5.41, 5.74) is 1.35. The summed E-state index contributed by atoms with van der Waals surface area (Å²) in [4.78, 5) is 4.19. The highest BCUT2D eigenvalue weighted by Crippen LogP contribution is 2.37. The van der Waals surface area contributed by atoms with Crippen LogP contribution in [0.25, 0.3) is 0 Å². The lowest BCUT2D eigenvalue weighted by Crippen LogP contribution is -2.32. The van der Waals surface area contributed by atoms with Crippen LogP contribution in [0.2, 0.25) is 0 Å². The number of nitrogens with one attached hydrogen (secondary N) is 1. The van der Waals surface area contributed by atoms with Gasteiger partial charge in [0.05, 0.1) is 0 Å². The van der Waals surface area contributed by atoms with Gasteiger partial charge in [0, 0.05) is 18.4 Å². The minimum Gasteiger partial charge on any atom is -0.310 e. The molecule has 1 unspecified atom stereocenters. The molecule has 2 nitrogen and oxygen atoms in total. The van der Waals surface area contributed by atoms with E-state index in [9.17, 15) is 0 Å². The third kappa shape index (κ3) is 1.95. The van der Waals surface area contributed by atoms with Crippen molar-refractivity contribution in [2.75, 3.05) is 6.54 Å². The summed E-state index contributed by atoms with van der Waals surface area (Å²) in [6, 6.07) is 4.74. The first-order valence-corrected chi connectivity index (χ1v) is 5.55. The Morgan fingerprint density at radius 1 is 1.57 bits per heavy atom. The Morgan fingerprint density at radius 2 is 2.43 bits per heavy atom. The second kappa shape index (κ2) is 4.56. The molecule has 1 aromatic heterocycles. The van der Waals surface area contributed by atoms with Crippen LogP contribution < -0.4 is 5.32 Å². The molecule has 2 rings (SSSR count). The summed E-state index contributed by atoms with van der Waals surface area (Å²) in [6.45, 7) is 3.21. The molecular formula is C12H18N2. The minimum atomic E-state index is 0.530. The summed E-state index contributed by atoms with van der Waals surface area (Å²) in [5.74, 6) is 0.833. The van der Waals surface area contributed by atoms with Crippen LogP contribution in [-0.4, -0.2) is 11.5 Å². The van der Waals surface area contributed by atoms with Gasteiger partial charge < -0.3 is 5.32 Å². The lowest BCUT2D eigenvalue weighted by Gasteiger charge is -2.34. The van der Waals surface area contributed by atoms with E-state index in [1.165, 1.54) is 24.8 Å². The normalized spacial score (nSPS) is 18.9. The van der Waals surface area contributed by atoms with Crippen molar-refractivity contribution in [3.8, 4) is 0 Å². The molecule has 1 atom stereocenters. The number of pyridine rings is 1. The van der Waals surface area contributed by atoms with Gasteiger partial charge in [-0.3, -0.25) is 4.98 Å². The maximum absolute atomic E-state index is 4.19. The van der Waals surface area contributed by atoms with Gasteiger partial charge in [-0.2, -0.15) is 0 Å². The number of aromatic nitrogens is 1. The van der Waals surface area contributed by atoms with Crippen molar-refractivity contribution in [3.05, 3.63) is 30.1 Å². The molecule has 2 heteroatoms. The molecule has 0 bridgehead atoms. The van der Waals surface area contributed by atoms with E-state index in [-0.39, 0.29) is 0 Å². The topological polar surface area (TPSA) is 24.9 Å². The Balaban J connectivity index is 2.09. The van der Waals surface area contributed by atoms with Crippen molar-refractivity contribution in [2.24, 2.45) is 5.92 Å². The number of rotatable bonds is 4. The van der Waals surface area contributed by atoms with Crippen LogP contribution in [0, 0.1) is 5.92 Å². The highest BCUT2D eigenvalue weighted by atomic mass is 14.9. The van der Waals surface area contributed by atoms with E-state index < -0.39 is 0 Å². The maximum atomic E-state index is 4.19. The van der Waals surface area contributed by atoms with E-state index in [1.807, 2.05) is 18.5 Å². The fourth-order valence-electron chi connectivity index (χ4n) is 2.11. The SMILES string of the molecule is CCNC(c1cccnc1)C1CCC1. The molecule has 1 fully saturated rings. The molecule has 1 aromatic rings. The predicted molar refractivity (Wildman–Crippen MR) is 58.0 cm³/mol. The average molecular weight is 190 g/mol. The molecule has 0 saturated heterocycles. The van der Waals surface area contributed by atoms with Crippen LogP contribution in [-0.2, 0) is 0 Å². The van der Waals surface area contributed by atoms with Crippen LogP contribution >= 0.6 is 0 Å². The molecule has 1 saturated carbocycles. The summed E-state index contributed by atoms with van der Waals surface area (Å²) in [5, 5.41) is 3.56. The van der Waals surface area contributed by atoms with Crippen LogP contribution in [0.15, 0.2) is 24.5 Å². The van der Waals surface area contributed by atoms with Gasteiger partial charge in [-0.15, -0.1) is 0 Å². The van der Waals surface area contributed by atoms with Gasteiger partial charge in [0.25, 0.3) is 0 Å². The Bertz CT molecular complexity index is 267. The monoisotopic (exact) mass is 190 g/mol. The van der Waals surface area contributed by atoms with Gasteiger partial charge in [-0.1, -0.05) is 19.4 Å². The lowest BCUT2D eigenvalue weighted by atomic mass is 9.77. The van der Waals surface area contributed by atoms with Crippen LogP contribution in [0.3, 0.4) is 0 Å². The highest BCUT2D eigenvalue weighted by Gasteiger charge is 2.27. The molecule has 1 aliphatic carbocycles. The Labute approximate surface area is 85.7 Å². The summed E-state index contributed by atoms with van der Waals surface area (Å²) in [7, 11) is 0. The Hall–Kier alpha value is -0.890. The van der Waals surface area contributed by atoms with E-state index in [0.29, 0.717) is 6.04 Å². The first kappa shape index (κ1) is 9.66. The molecule has 0 spiro atoms. The van der Waals surface area contributed by atoms with Crippen molar-refractivity contribution in [2.45, 2.75) is 32.2 Å². The van der Waals surface area contributed by atoms with E-state index in [1.54, 1.807) is 0 Å². The van der Waals surface area contributed by atoms with Crippen molar-refractivity contribution in [1.29, 1.82) is 0 Å². The first-order valence-electron chi connectivity index (χ1n) is 5.55. The Morgan fingerprint density at radius 3 is 2.93 bits per heavy atom. The van der Waals surface area contributed by atoms with Gasteiger partial charge in [0.1, 0.15) is 0 Å². The van der Waals surface area contributed by atoms with E-state index >= 15 is 0 Å². The molecule has 1 aliphatic rings. The molecule has 76 valence electrons. The van der Waals surface area contributed by atoms with Crippen molar-refractivity contribution in [3.63, 3.8) is 0 Å². The zero-order valence-electron chi connectivity index (χ0n) is 8.74. The maximum Gasteiger partial charge on any atom is 0.0363 e. The zero-order valence-corrected chi connectivity index (χ0v) is 8.74. The molecule has 0 aliphatic heterocycles. The van der Waals surface area contributed by atoms with E-state index in [0.717, 1.165) is 12.5 Å². The van der Waals surface area contributed by atoms with Gasteiger partial charge in [0.2, 0.25) is 0 Å². The van der Waals surface area contributed by atoms with Crippen molar-refractivity contribution in [1.82, 2.24) is 10.3 Å². The van der Waals surface area contributed by atoms with Crippen LogP contribution in [0.1, 0.15) is 37.8 Å². The summed E-state index contributed by atoms with van der Waals surface area (Å²) < 4.78 is 0. The lowest BCUT2D eigenvalue weighted by molar-refractivity contribution is 0.233. The van der Waals surface area contributed by atoms with Crippen molar-refractivity contribution < 1.29 is 0 Å². The highest BCUT2D eigenvalue weighted by molar-refractivity contribution is 5.15. The molecular weight excluding hydrogens is 172 g/mol. The Kier molecular flexibility index (Phi) is 3.14. The first-order chi connectivity index (χ1) is 6.92. The summed E-state index contributed by atoms with van der Waals surface area (Å²) in [6.07, 6.45) is 7.96. The standard InChI is InChI=1S/C12H18N2/c1-2-14-12(10-5-3-6-10)11-7-4-8-13-9-11/h4,7-10,12,14H,2-3,5-6H2,1H3. The molecule has 14 heavy (non-hydrogen) atoms. The van der Waals surface area contributed by atoms with Gasteiger partial charge in [0.15, 0.2) is 0 Å². The number of nitrogens with zero attached hydrogens (tertiary/aromatic N) is 1. The number of hydrogen-bond acceptors (Lipinski definition) is 2. The van der Waals surface area contributed by atoms with E-state index in [4.69, 9.17) is 0 Å².